The van der Waals surface area contributed by atoms with E-state index in [2.05, 4.69) is 10.5 Å². The molecule has 0 aromatic heterocycles. The van der Waals surface area contributed by atoms with Crippen molar-refractivity contribution in [1.82, 2.24) is 5.43 Å². The minimum Gasteiger partial charge on any atom is -0.478 e. The molecule has 0 aliphatic rings. The maximum atomic E-state index is 11.7. The second kappa shape index (κ2) is 7.14. The third-order valence-corrected chi connectivity index (χ3v) is 2.91. The van der Waals surface area contributed by atoms with Crippen LogP contribution in [0, 0.1) is 0 Å². The van der Waals surface area contributed by atoms with Crippen molar-refractivity contribution in [3.8, 4) is 0 Å². The molecule has 1 unspecified atom stereocenters. The molecule has 22 heavy (non-hydrogen) atoms. The van der Waals surface area contributed by atoms with Gasteiger partial charge >= 0.3 is 5.97 Å². The Balaban J connectivity index is 1.94. The number of hydrazone groups is 1. The molecule has 6 nitrogen and oxygen atoms in total. The van der Waals surface area contributed by atoms with Gasteiger partial charge in [0.2, 0.25) is 0 Å². The highest BCUT2D eigenvalue weighted by atomic mass is 16.4. The number of carboxylic acids is 1. The number of carbonyl (C=O) groups excluding carboxylic acids is 1. The molecule has 0 aliphatic heterocycles. The van der Waals surface area contributed by atoms with E-state index in [4.69, 9.17) is 5.11 Å². The smallest absolute Gasteiger partial charge is 0.335 e. The van der Waals surface area contributed by atoms with Crippen LogP contribution >= 0.6 is 0 Å². The third-order valence-electron chi connectivity index (χ3n) is 2.91. The number of nitrogens with one attached hydrogen (secondary N) is 1. The molecule has 0 saturated carbocycles. The molecule has 0 spiro atoms. The Labute approximate surface area is 126 Å². The van der Waals surface area contributed by atoms with E-state index >= 15 is 0 Å². The van der Waals surface area contributed by atoms with Crippen molar-refractivity contribution >= 4 is 18.1 Å². The van der Waals surface area contributed by atoms with Crippen LogP contribution in [0.25, 0.3) is 0 Å². The van der Waals surface area contributed by atoms with Crippen molar-refractivity contribution in [3.05, 3.63) is 71.3 Å². The first-order valence-electron chi connectivity index (χ1n) is 6.47. The van der Waals surface area contributed by atoms with Crippen LogP contribution in [0.5, 0.6) is 0 Å². The van der Waals surface area contributed by atoms with Gasteiger partial charge in [0.15, 0.2) is 6.10 Å². The first kappa shape index (κ1) is 15.4. The van der Waals surface area contributed by atoms with Crippen LogP contribution in [-0.4, -0.2) is 28.3 Å². The molecular formula is C16H14N2O4. The van der Waals surface area contributed by atoms with Gasteiger partial charge in [0.1, 0.15) is 0 Å². The zero-order valence-electron chi connectivity index (χ0n) is 11.5. The summed E-state index contributed by atoms with van der Waals surface area (Å²) in [5, 5.41) is 22.3. The fourth-order valence-electron chi connectivity index (χ4n) is 1.73. The molecule has 1 atom stereocenters. The number of aliphatic hydroxyl groups excluding tert-OH is 1. The second-order valence-corrected chi connectivity index (χ2v) is 4.47. The number of rotatable bonds is 5. The number of aromatic carboxylic acids is 1. The molecule has 2 rings (SSSR count). The van der Waals surface area contributed by atoms with Gasteiger partial charge in [-0.15, -0.1) is 0 Å². The Kier molecular flexibility index (Phi) is 5.00. The summed E-state index contributed by atoms with van der Waals surface area (Å²) in [6.45, 7) is 0. The molecule has 0 saturated heterocycles. The van der Waals surface area contributed by atoms with Crippen LogP contribution in [0.3, 0.4) is 0 Å². The molecule has 0 fully saturated rings. The molecular weight excluding hydrogens is 284 g/mol. The summed E-state index contributed by atoms with van der Waals surface area (Å²) in [6.07, 6.45) is 0.0640. The van der Waals surface area contributed by atoms with E-state index in [1.54, 1.807) is 42.5 Å². The van der Waals surface area contributed by atoms with E-state index in [-0.39, 0.29) is 5.56 Å². The maximum Gasteiger partial charge on any atom is 0.335 e. The summed E-state index contributed by atoms with van der Waals surface area (Å²) in [7, 11) is 0. The van der Waals surface area contributed by atoms with Crippen LogP contribution in [-0.2, 0) is 4.79 Å². The van der Waals surface area contributed by atoms with Gasteiger partial charge < -0.3 is 10.2 Å². The summed E-state index contributed by atoms with van der Waals surface area (Å²) in [4.78, 5) is 22.4. The summed E-state index contributed by atoms with van der Waals surface area (Å²) in [5.41, 5.74) is 3.50. The Morgan fingerprint density at radius 3 is 2.27 bits per heavy atom. The number of hydrogen-bond donors (Lipinski definition) is 3. The minimum absolute atomic E-state index is 0.167. The average molecular weight is 298 g/mol. The lowest BCUT2D eigenvalue weighted by Gasteiger charge is -2.08. The predicted octanol–water partition coefficient (Wildman–Crippen LogP) is 1.57. The quantitative estimate of drug-likeness (QED) is 0.576. The van der Waals surface area contributed by atoms with Crippen LogP contribution in [0.15, 0.2) is 59.7 Å². The summed E-state index contributed by atoms with van der Waals surface area (Å²) < 4.78 is 0. The van der Waals surface area contributed by atoms with Gasteiger partial charge in [-0.3, -0.25) is 4.79 Å². The zero-order valence-corrected chi connectivity index (χ0v) is 11.5. The largest absolute Gasteiger partial charge is 0.478 e. The fourth-order valence-corrected chi connectivity index (χ4v) is 1.73. The maximum absolute atomic E-state index is 11.7. The lowest BCUT2D eigenvalue weighted by molar-refractivity contribution is -0.129. The van der Waals surface area contributed by atoms with Crippen molar-refractivity contribution in [3.63, 3.8) is 0 Å². The molecule has 0 radical (unpaired) electrons. The molecule has 2 aromatic carbocycles. The number of carboxylic acid groups (broad SMARTS) is 1. The predicted molar refractivity (Wildman–Crippen MR) is 80.5 cm³/mol. The van der Waals surface area contributed by atoms with Crippen LogP contribution in [0.1, 0.15) is 27.6 Å². The van der Waals surface area contributed by atoms with E-state index in [0.717, 1.165) is 0 Å². The summed E-state index contributed by atoms with van der Waals surface area (Å²) in [6, 6.07) is 14.5. The van der Waals surface area contributed by atoms with E-state index in [1.165, 1.54) is 18.3 Å². The van der Waals surface area contributed by atoms with Gasteiger partial charge in [-0.2, -0.15) is 5.10 Å². The van der Waals surface area contributed by atoms with Crippen molar-refractivity contribution in [1.29, 1.82) is 0 Å². The van der Waals surface area contributed by atoms with Gasteiger partial charge in [-0.05, 0) is 23.3 Å². The Morgan fingerprint density at radius 1 is 1.05 bits per heavy atom. The lowest BCUT2D eigenvalue weighted by Crippen LogP contribution is -2.25. The molecule has 6 heteroatoms. The highest BCUT2D eigenvalue weighted by molar-refractivity contribution is 5.89. The van der Waals surface area contributed by atoms with Crippen molar-refractivity contribution < 1.29 is 19.8 Å². The minimum atomic E-state index is -1.30. The first-order chi connectivity index (χ1) is 10.6. The zero-order chi connectivity index (χ0) is 15.9. The fraction of sp³-hybridized carbons (Fsp3) is 0.0625. The number of carbonyl (C=O) groups is 2. The monoisotopic (exact) mass is 298 g/mol. The third kappa shape index (κ3) is 4.00. The van der Waals surface area contributed by atoms with Crippen LogP contribution in [0.2, 0.25) is 0 Å². The standard InChI is InChI=1S/C16H14N2O4/c19-14(12-4-2-1-3-5-12)15(20)18-17-10-11-6-8-13(9-7-11)16(21)22/h1-10,14,19H,(H,18,20)(H,21,22). The van der Waals surface area contributed by atoms with Gasteiger partial charge in [0, 0.05) is 0 Å². The van der Waals surface area contributed by atoms with Crippen molar-refractivity contribution in [2.75, 3.05) is 0 Å². The Bertz CT molecular complexity index is 681. The second-order valence-electron chi connectivity index (χ2n) is 4.47. The Morgan fingerprint density at radius 2 is 1.68 bits per heavy atom. The normalized spacial score (nSPS) is 12.0. The van der Waals surface area contributed by atoms with Gasteiger partial charge in [-0.25, -0.2) is 10.2 Å². The average Bonchev–Trinajstić information content (AvgIpc) is 2.55. The number of aliphatic hydroxyl groups is 1. The van der Waals surface area contributed by atoms with Gasteiger partial charge in [-0.1, -0.05) is 42.5 Å². The Hall–Kier alpha value is -2.99. The van der Waals surface area contributed by atoms with E-state index in [1.807, 2.05) is 0 Å². The van der Waals surface area contributed by atoms with Crippen molar-refractivity contribution in [2.24, 2.45) is 5.10 Å². The van der Waals surface area contributed by atoms with Crippen molar-refractivity contribution in [2.45, 2.75) is 6.10 Å². The molecule has 0 bridgehead atoms. The number of amides is 1. The highest BCUT2D eigenvalue weighted by Crippen LogP contribution is 2.11. The molecule has 0 heterocycles. The highest BCUT2D eigenvalue weighted by Gasteiger charge is 2.15. The van der Waals surface area contributed by atoms with E-state index in [9.17, 15) is 14.7 Å². The van der Waals surface area contributed by atoms with Gasteiger partial charge in [0.25, 0.3) is 5.91 Å². The lowest BCUT2D eigenvalue weighted by atomic mass is 10.1. The molecule has 2 aromatic rings. The SMILES string of the molecule is O=C(O)c1ccc(C=NNC(=O)C(O)c2ccccc2)cc1. The topological polar surface area (TPSA) is 99.0 Å². The van der Waals surface area contributed by atoms with Gasteiger partial charge in [0.05, 0.1) is 11.8 Å². The number of hydrogen-bond acceptors (Lipinski definition) is 4. The molecule has 3 N–H and O–H groups in total. The number of nitrogens with zero attached hydrogens (tertiary/aromatic N) is 1. The summed E-state index contributed by atoms with van der Waals surface area (Å²) in [5.74, 6) is -1.66. The van der Waals surface area contributed by atoms with E-state index in [0.29, 0.717) is 11.1 Å². The molecule has 0 aliphatic carbocycles. The summed E-state index contributed by atoms with van der Waals surface area (Å²) >= 11 is 0. The first-order valence-corrected chi connectivity index (χ1v) is 6.47. The molecule has 1 amide bonds. The van der Waals surface area contributed by atoms with Crippen LogP contribution < -0.4 is 5.43 Å². The molecule has 112 valence electrons. The van der Waals surface area contributed by atoms with E-state index < -0.39 is 18.0 Å². The van der Waals surface area contributed by atoms with Crippen LogP contribution in [0.4, 0.5) is 0 Å². The number of benzene rings is 2.